The van der Waals surface area contributed by atoms with Crippen LogP contribution in [0.2, 0.25) is 0 Å². The quantitative estimate of drug-likeness (QED) is 0.510. The summed E-state index contributed by atoms with van der Waals surface area (Å²) in [6, 6.07) is 6.29. The number of carbonyl (C=O) groups is 1. The largest absolute Gasteiger partial charge is 0.508 e. The van der Waals surface area contributed by atoms with E-state index in [1.165, 1.54) is 25.3 Å². The van der Waals surface area contributed by atoms with Gasteiger partial charge in [0.1, 0.15) is 34.3 Å². The van der Waals surface area contributed by atoms with Crippen molar-refractivity contribution in [3.05, 3.63) is 47.5 Å². The Morgan fingerprint density at radius 2 is 1.64 bits per heavy atom. The molecule has 0 heterocycles. The molecule has 0 atom stereocenters. The minimum absolute atomic E-state index is 0.0224. The van der Waals surface area contributed by atoms with Crippen molar-refractivity contribution < 1.29 is 30.0 Å². The minimum Gasteiger partial charge on any atom is -0.508 e. The first-order valence-corrected chi connectivity index (χ1v) is 6.26. The van der Waals surface area contributed by atoms with E-state index in [1.807, 2.05) is 0 Å². The Morgan fingerprint density at radius 3 is 2.23 bits per heavy atom. The van der Waals surface area contributed by atoms with E-state index in [0.29, 0.717) is 11.3 Å². The maximum atomic E-state index is 12.1. The van der Waals surface area contributed by atoms with Gasteiger partial charge in [-0.1, -0.05) is 0 Å². The molecule has 0 bridgehead atoms. The van der Waals surface area contributed by atoms with E-state index in [0.717, 1.165) is 18.2 Å². The van der Waals surface area contributed by atoms with Crippen molar-refractivity contribution in [2.24, 2.45) is 0 Å². The number of carbonyl (C=O) groups excluding carboxylic acids is 1. The molecule has 6 heteroatoms. The van der Waals surface area contributed by atoms with Crippen LogP contribution in [0.1, 0.15) is 15.9 Å². The van der Waals surface area contributed by atoms with E-state index >= 15 is 0 Å². The van der Waals surface area contributed by atoms with Crippen LogP contribution in [-0.4, -0.2) is 33.3 Å². The molecular formula is C16H14O6. The number of rotatable bonds is 4. The van der Waals surface area contributed by atoms with E-state index in [2.05, 4.69) is 0 Å². The van der Waals surface area contributed by atoms with Gasteiger partial charge in [0, 0.05) is 23.8 Å². The Bertz CT molecular complexity index is 725. The Morgan fingerprint density at radius 1 is 1.00 bits per heavy atom. The molecule has 0 aliphatic rings. The zero-order valence-electron chi connectivity index (χ0n) is 11.6. The second kappa shape index (κ2) is 6.09. The molecule has 0 aliphatic heterocycles. The third-order valence-electron chi connectivity index (χ3n) is 2.96. The Kier molecular flexibility index (Phi) is 4.22. The molecule has 2 aromatic rings. The highest BCUT2D eigenvalue weighted by atomic mass is 16.5. The monoisotopic (exact) mass is 302 g/mol. The number of hydrogen-bond acceptors (Lipinski definition) is 6. The van der Waals surface area contributed by atoms with Crippen LogP contribution in [0.25, 0.3) is 6.08 Å². The van der Waals surface area contributed by atoms with Crippen molar-refractivity contribution in [3.63, 3.8) is 0 Å². The smallest absolute Gasteiger partial charge is 0.193 e. The molecule has 0 aromatic heterocycles. The van der Waals surface area contributed by atoms with Crippen LogP contribution in [0.3, 0.4) is 0 Å². The Hall–Kier alpha value is -3.15. The highest BCUT2D eigenvalue weighted by Crippen LogP contribution is 2.33. The fourth-order valence-electron chi connectivity index (χ4n) is 1.94. The lowest BCUT2D eigenvalue weighted by molar-refractivity contribution is 0.104. The van der Waals surface area contributed by atoms with Crippen molar-refractivity contribution >= 4 is 11.9 Å². The van der Waals surface area contributed by atoms with E-state index < -0.39 is 17.3 Å². The molecule has 0 amide bonds. The first kappa shape index (κ1) is 15.2. The first-order valence-electron chi connectivity index (χ1n) is 6.26. The lowest BCUT2D eigenvalue weighted by atomic mass is 10.1. The SMILES string of the molecule is COc1cc(O)ccc1/C=C/C(=O)c1c(O)cc(O)cc1O. The topological polar surface area (TPSA) is 107 Å². The van der Waals surface area contributed by atoms with Gasteiger partial charge in [-0.2, -0.15) is 0 Å². The van der Waals surface area contributed by atoms with Crippen molar-refractivity contribution in [1.82, 2.24) is 0 Å². The minimum atomic E-state index is -0.648. The van der Waals surface area contributed by atoms with Gasteiger partial charge in [0.05, 0.1) is 7.11 Å². The summed E-state index contributed by atoms with van der Waals surface area (Å²) in [7, 11) is 1.42. The molecule has 0 saturated heterocycles. The summed E-state index contributed by atoms with van der Waals surface area (Å²) in [6.45, 7) is 0. The van der Waals surface area contributed by atoms with Crippen LogP contribution in [-0.2, 0) is 0 Å². The van der Waals surface area contributed by atoms with Gasteiger partial charge in [0.25, 0.3) is 0 Å². The van der Waals surface area contributed by atoms with Crippen molar-refractivity contribution in [2.75, 3.05) is 7.11 Å². The number of aromatic hydroxyl groups is 4. The summed E-state index contributed by atoms with van der Waals surface area (Å²) in [4.78, 5) is 12.1. The third-order valence-corrected chi connectivity index (χ3v) is 2.96. The zero-order chi connectivity index (χ0) is 16.3. The van der Waals surface area contributed by atoms with Crippen LogP contribution < -0.4 is 4.74 Å². The van der Waals surface area contributed by atoms with Crippen LogP contribution >= 0.6 is 0 Å². The lowest BCUT2D eigenvalue weighted by Crippen LogP contribution is -1.96. The van der Waals surface area contributed by atoms with E-state index in [-0.39, 0.29) is 17.1 Å². The molecule has 0 saturated carbocycles. The van der Waals surface area contributed by atoms with Gasteiger partial charge in [-0.25, -0.2) is 0 Å². The first-order chi connectivity index (χ1) is 10.4. The summed E-state index contributed by atoms with van der Waals surface area (Å²) in [5.74, 6) is -1.66. The van der Waals surface area contributed by atoms with E-state index in [9.17, 15) is 25.2 Å². The lowest BCUT2D eigenvalue weighted by Gasteiger charge is -2.06. The Labute approximate surface area is 126 Å². The molecule has 0 unspecified atom stereocenters. The summed E-state index contributed by atoms with van der Waals surface area (Å²) < 4.78 is 5.07. The predicted molar refractivity (Wildman–Crippen MR) is 79.5 cm³/mol. The standard InChI is InChI=1S/C16H14O6/c1-22-15-8-10(17)4-2-9(15)3-5-12(19)16-13(20)6-11(18)7-14(16)21/h2-8,17-18,20-21H,1H3/b5-3+. The van der Waals surface area contributed by atoms with Gasteiger partial charge in [-0.3, -0.25) is 4.79 Å². The van der Waals surface area contributed by atoms with Crippen LogP contribution in [0.15, 0.2) is 36.4 Å². The molecule has 2 rings (SSSR count). The summed E-state index contributed by atoms with van der Waals surface area (Å²) in [5.41, 5.74) is 0.221. The van der Waals surface area contributed by atoms with Gasteiger partial charge in [-0.05, 0) is 24.3 Å². The van der Waals surface area contributed by atoms with Crippen LogP contribution in [0, 0.1) is 0 Å². The maximum absolute atomic E-state index is 12.1. The van der Waals surface area contributed by atoms with Gasteiger partial charge in [0.15, 0.2) is 5.78 Å². The van der Waals surface area contributed by atoms with Gasteiger partial charge in [0.2, 0.25) is 0 Å². The maximum Gasteiger partial charge on any atom is 0.193 e. The van der Waals surface area contributed by atoms with Gasteiger partial charge < -0.3 is 25.2 Å². The summed E-state index contributed by atoms with van der Waals surface area (Å²) >= 11 is 0. The second-order valence-corrected chi connectivity index (χ2v) is 4.48. The average molecular weight is 302 g/mol. The number of benzene rings is 2. The molecule has 0 spiro atoms. The third kappa shape index (κ3) is 3.12. The van der Waals surface area contributed by atoms with Crippen molar-refractivity contribution in [1.29, 1.82) is 0 Å². The van der Waals surface area contributed by atoms with Crippen LogP contribution in [0.4, 0.5) is 0 Å². The van der Waals surface area contributed by atoms with Gasteiger partial charge >= 0.3 is 0 Å². The molecule has 2 aromatic carbocycles. The number of allylic oxidation sites excluding steroid dienone is 1. The molecule has 0 fully saturated rings. The summed E-state index contributed by atoms with van der Waals surface area (Å²) in [5, 5.41) is 37.9. The van der Waals surface area contributed by atoms with Gasteiger partial charge in [-0.15, -0.1) is 0 Å². The second-order valence-electron chi connectivity index (χ2n) is 4.48. The molecule has 0 aliphatic carbocycles. The number of methoxy groups -OCH3 is 1. The molecule has 0 radical (unpaired) electrons. The fourth-order valence-corrected chi connectivity index (χ4v) is 1.94. The number of hydrogen-bond donors (Lipinski definition) is 4. The molecule has 114 valence electrons. The molecular weight excluding hydrogens is 288 g/mol. The van der Waals surface area contributed by atoms with E-state index in [4.69, 9.17) is 4.74 Å². The van der Waals surface area contributed by atoms with Crippen molar-refractivity contribution in [3.8, 4) is 28.7 Å². The number of phenols is 4. The highest BCUT2D eigenvalue weighted by molar-refractivity contribution is 6.10. The fraction of sp³-hybridized carbons (Fsp3) is 0.0625. The normalized spacial score (nSPS) is 10.8. The average Bonchev–Trinajstić information content (AvgIpc) is 2.44. The summed E-state index contributed by atoms with van der Waals surface area (Å²) in [6.07, 6.45) is 2.56. The number of ketones is 1. The highest BCUT2D eigenvalue weighted by Gasteiger charge is 2.15. The number of ether oxygens (including phenoxy) is 1. The zero-order valence-corrected chi connectivity index (χ0v) is 11.6. The molecule has 4 N–H and O–H groups in total. The van der Waals surface area contributed by atoms with E-state index in [1.54, 1.807) is 6.07 Å². The molecule has 6 nitrogen and oxygen atoms in total. The number of phenolic OH excluding ortho intramolecular Hbond substituents is 4. The van der Waals surface area contributed by atoms with Crippen LogP contribution in [0.5, 0.6) is 28.7 Å². The Balaban J connectivity index is 2.33. The van der Waals surface area contributed by atoms with Crippen molar-refractivity contribution in [2.45, 2.75) is 0 Å². The predicted octanol–water partition coefficient (Wildman–Crippen LogP) is 2.41. The molecule has 22 heavy (non-hydrogen) atoms.